The maximum absolute atomic E-state index is 14.4. The van der Waals surface area contributed by atoms with Crippen molar-refractivity contribution in [3.05, 3.63) is 70.5 Å². The molecule has 2 aromatic carbocycles. The van der Waals surface area contributed by atoms with E-state index in [1.807, 2.05) is 13.0 Å². The SMILES string of the molecule is CCCCC(c1ccc(C#N)cc1)c1c(F)cccc1C(=O)O. The molecule has 0 spiro atoms. The van der Waals surface area contributed by atoms with Gasteiger partial charge in [-0.15, -0.1) is 0 Å². The van der Waals surface area contributed by atoms with Gasteiger partial charge in [-0.3, -0.25) is 0 Å². The van der Waals surface area contributed by atoms with Gasteiger partial charge in [0, 0.05) is 11.5 Å². The summed E-state index contributed by atoms with van der Waals surface area (Å²) in [4.78, 5) is 11.5. The van der Waals surface area contributed by atoms with Crippen LogP contribution in [0.1, 0.15) is 59.2 Å². The van der Waals surface area contributed by atoms with Crippen molar-refractivity contribution >= 4 is 5.97 Å². The summed E-state index contributed by atoms with van der Waals surface area (Å²) in [7, 11) is 0. The number of nitriles is 1. The van der Waals surface area contributed by atoms with E-state index in [1.165, 1.54) is 18.2 Å². The molecular formula is C19H18FNO2. The summed E-state index contributed by atoms with van der Waals surface area (Å²) in [6.45, 7) is 2.04. The fourth-order valence-electron chi connectivity index (χ4n) is 2.75. The van der Waals surface area contributed by atoms with Gasteiger partial charge in [0.25, 0.3) is 0 Å². The monoisotopic (exact) mass is 311 g/mol. The van der Waals surface area contributed by atoms with Gasteiger partial charge in [0.1, 0.15) is 5.82 Å². The third-order valence-electron chi connectivity index (χ3n) is 3.92. The van der Waals surface area contributed by atoms with E-state index in [1.54, 1.807) is 24.3 Å². The highest BCUT2D eigenvalue weighted by Gasteiger charge is 2.24. The molecule has 2 aromatic rings. The predicted molar refractivity (Wildman–Crippen MR) is 85.9 cm³/mol. The zero-order chi connectivity index (χ0) is 16.8. The first kappa shape index (κ1) is 16.7. The number of hydrogen-bond donors (Lipinski definition) is 1. The van der Waals surface area contributed by atoms with Gasteiger partial charge in [0.2, 0.25) is 0 Å². The Morgan fingerprint density at radius 3 is 2.52 bits per heavy atom. The zero-order valence-corrected chi connectivity index (χ0v) is 12.9. The van der Waals surface area contributed by atoms with E-state index in [2.05, 4.69) is 0 Å². The van der Waals surface area contributed by atoms with Crippen molar-refractivity contribution in [2.45, 2.75) is 32.1 Å². The van der Waals surface area contributed by atoms with E-state index in [-0.39, 0.29) is 17.0 Å². The maximum Gasteiger partial charge on any atom is 0.336 e. The molecule has 1 atom stereocenters. The first-order valence-corrected chi connectivity index (χ1v) is 7.60. The number of carboxylic acid groups (broad SMARTS) is 1. The average Bonchev–Trinajstić information content (AvgIpc) is 2.56. The normalized spacial score (nSPS) is 11.7. The Hall–Kier alpha value is -2.67. The molecule has 0 heterocycles. The number of aromatic carboxylic acids is 1. The van der Waals surface area contributed by atoms with E-state index in [0.29, 0.717) is 12.0 Å². The van der Waals surface area contributed by atoms with Gasteiger partial charge in [-0.1, -0.05) is 38.0 Å². The topological polar surface area (TPSA) is 61.1 Å². The molecule has 118 valence electrons. The molecule has 0 aliphatic carbocycles. The molecule has 3 nitrogen and oxygen atoms in total. The Kier molecular flexibility index (Phi) is 5.48. The van der Waals surface area contributed by atoms with Crippen LogP contribution in [0.2, 0.25) is 0 Å². The predicted octanol–water partition coefficient (Wildman–Crippen LogP) is 4.72. The van der Waals surface area contributed by atoms with Gasteiger partial charge >= 0.3 is 5.97 Å². The smallest absolute Gasteiger partial charge is 0.336 e. The lowest BCUT2D eigenvalue weighted by atomic mass is 9.84. The number of hydrogen-bond acceptors (Lipinski definition) is 2. The highest BCUT2D eigenvalue weighted by molar-refractivity contribution is 5.89. The number of rotatable bonds is 6. The highest BCUT2D eigenvalue weighted by atomic mass is 19.1. The van der Waals surface area contributed by atoms with Gasteiger partial charge in [-0.05, 0) is 36.2 Å². The Morgan fingerprint density at radius 2 is 1.96 bits per heavy atom. The molecule has 0 amide bonds. The molecule has 0 aliphatic heterocycles. The molecule has 0 radical (unpaired) electrons. The van der Waals surface area contributed by atoms with Crippen molar-refractivity contribution in [3.8, 4) is 6.07 Å². The van der Waals surface area contributed by atoms with Gasteiger partial charge in [-0.2, -0.15) is 5.26 Å². The summed E-state index contributed by atoms with van der Waals surface area (Å²) in [5.74, 6) is -1.97. The Morgan fingerprint density at radius 1 is 1.26 bits per heavy atom. The first-order valence-electron chi connectivity index (χ1n) is 7.60. The number of nitrogens with zero attached hydrogens (tertiary/aromatic N) is 1. The van der Waals surface area contributed by atoms with Crippen molar-refractivity contribution in [2.75, 3.05) is 0 Å². The molecule has 1 unspecified atom stereocenters. The maximum atomic E-state index is 14.4. The van der Waals surface area contributed by atoms with Crippen LogP contribution in [0.5, 0.6) is 0 Å². The third-order valence-corrected chi connectivity index (χ3v) is 3.92. The van der Waals surface area contributed by atoms with Crippen LogP contribution >= 0.6 is 0 Å². The number of unbranched alkanes of at least 4 members (excludes halogenated alkanes) is 1. The minimum Gasteiger partial charge on any atom is -0.478 e. The zero-order valence-electron chi connectivity index (χ0n) is 12.9. The largest absolute Gasteiger partial charge is 0.478 e. The molecule has 0 fully saturated rings. The molecular weight excluding hydrogens is 293 g/mol. The van der Waals surface area contributed by atoms with Crippen LogP contribution in [0.25, 0.3) is 0 Å². The first-order chi connectivity index (χ1) is 11.1. The van der Waals surface area contributed by atoms with Crippen molar-refractivity contribution in [3.63, 3.8) is 0 Å². The van der Waals surface area contributed by atoms with Crippen molar-refractivity contribution in [2.24, 2.45) is 0 Å². The summed E-state index contributed by atoms with van der Waals surface area (Å²) in [6, 6.07) is 13.1. The minimum atomic E-state index is -1.13. The molecule has 0 aliphatic rings. The van der Waals surface area contributed by atoms with Crippen molar-refractivity contribution < 1.29 is 14.3 Å². The molecule has 4 heteroatoms. The molecule has 0 saturated heterocycles. The molecule has 0 aromatic heterocycles. The second-order valence-electron chi connectivity index (χ2n) is 5.43. The summed E-state index contributed by atoms with van der Waals surface area (Å²) in [5.41, 5.74) is 1.56. The van der Waals surface area contributed by atoms with Crippen molar-refractivity contribution in [1.29, 1.82) is 5.26 Å². The molecule has 0 bridgehead atoms. The van der Waals surface area contributed by atoms with Gasteiger partial charge in [-0.25, -0.2) is 9.18 Å². The Balaban J connectivity index is 2.55. The summed E-state index contributed by atoms with van der Waals surface area (Å²) < 4.78 is 14.4. The third kappa shape index (κ3) is 3.75. The quantitative estimate of drug-likeness (QED) is 0.839. The highest BCUT2D eigenvalue weighted by Crippen LogP contribution is 2.34. The second kappa shape index (κ2) is 7.55. The summed E-state index contributed by atoms with van der Waals surface area (Å²) in [6.07, 6.45) is 2.45. The fourth-order valence-corrected chi connectivity index (χ4v) is 2.75. The number of carbonyl (C=O) groups is 1. The van der Waals surface area contributed by atoms with Crippen LogP contribution in [-0.2, 0) is 0 Å². The van der Waals surface area contributed by atoms with Crippen LogP contribution in [0.3, 0.4) is 0 Å². The van der Waals surface area contributed by atoms with Crippen LogP contribution in [0, 0.1) is 17.1 Å². The van der Waals surface area contributed by atoms with E-state index in [0.717, 1.165) is 18.4 Å². The molecule has 23 heavy (non-hydrogen) atoms. The number of carboxylic acids is 1. The number of benzene rings is 2. The lowest BCUT2D eigenvalue weighted by Gasteiger charge is -2.20. The summed E-state index contributed by atoms with van der Waals surface area (Å²) >= 11 is 0. The van der Waals surface area contributed by atoms with E-state index in [4.69, 9.17) is 5.26 Å². The van der Waals surface area contributed by atoms with Gasteiger partial charge in [0.15, 0.2) is 0 Å². The van der Waals surface area contributed by atoms with E-state index < -0.39 is 11.8 Å². The number of halogens is 1. The van der Waals surface area contributed by atoms with Gasteiger partial charge in [0.05, 0.1) is 17.2 Å². The van der Waals surface area contributed by atoms with Crippen LogP contribution < -0.4 is 0 Å². The lowest BCUT2D eigenvalue weighted by Crippen LogP contribution is -2.11. The van der Waals surface area contributed by atoms with Crippen LogP contribution in [-0.4, -0.2) is 11.1 Å². The fraction of sp³-hybridized carbons (Fsp3) is 0.263. The van der Waals surface area contributed by atoms with Crippen LogP contribution in [0.15, 0.2) is 42.5 Å². The van der Waals surface area contributed by atoms with E-state index >= 15 is 0 Å². The molecule has 2 rings (SSSR count). The molecule has 0 saturated carbocycles. The second-order valence-corrected chi connectivity index (χ2v) is 5.43. The van der Waals surface area contributed by atoms with Crippen molar-refractivity contribution in [1.82, 2.24) is 0 Å². The van der Waals surface area contributed by atoms with Gasteiger partial charge < -0.3 is 5.11 Å². The van der Waals surface area contributed by atoms with Crippen LogP contribution in [0.4, 0.5) is 4.39 Å². The molecule has 1 N–H and O–H groups in total. The van der Waals surface area contributed by atoms with E-state index in [9.17, 15) is 14.3 Å². The average molecular weight is 311 g/mol. The Bertz CT molecular complexity index is 732. The standard InChI is InChI=1S/C19H18FNO2/c1-2-3-5-15(14-10-8-13(12-21)9-11-14)18-16(19(22)23)6-4-7-17(18)20/h4,6-11,15H,2-3,5H2,1H3,(H,22,23). The lowest BCUT2D eigenvalue weighted by molar-refractivity contribution is 0.0694. The Labute approximate surface area is 135 Å². The minimum absolute atomic E-state index is 0.00420. The summed E-state index contributed by atoms with van der Waals surface area (Å²) in [5, 5.41) is 18.3.